The maximum atomic E-state index is 13.4. The van der Waals surface area contributed by atoms with Crippen LogP contribution in [0.5, 0.6) is 0 Å². The zero-order valence-electron chi connectivity index (χ0n) is 20.2. The largest absolute Gasteiger partial charge is 0.406 e. The van der Waals surface area contributed by atoms with Crippen LogP contribution in [-0.4, -0.2) is 29.2 Å². The van der Waals surface area contributed by atoms with Crippen LogP contribution in [0.15, 0.2) is 30.5 Å². The van der Waals surface area contributed by atoms with Crippen molar-refractivity contribution in [1.82, 2.24) is 15.0 Å². The fourth-order valence-electron chi connectivity index (χ4n) is 4.85. The van der Waals surface area contributed by atoms with Crippen molar-refractivity contribution in [3.63, 3.8) is 0 Å². The smallest absolute Gasteiger partial charge is 0.257 e. The van der Waals surface area contributed by atoms with Crippen LogP contribution in [0.3, 0.4) is 0 Å². The lowest BCUT2D eigenvalue weighted by molar-refractivity contribution is 0.102. The number of hydrogen-bond donors (Lipinski definition) is 2. The van der Waals surface area contributed by atoms with Gasteiger partial charge in [-0.3, -0.25) is 4.79 Å². The molecule has 2 N–H and O–H groups in total. The summed E-state index contributed by atoms with van der Waals surface area (Å²) >= 11 is 5.83. The predicted molar refractivity (Wildman–Crippen MR) is 134 cm³/mol. The fraction of sp³-hybridized carbons (Fsp3) is 0.458. The van der Waals surface area contributed by atoms with Gasteiger partial charge in [-0.25, -0.2) is 14.4 Å². The molecule has 0 bridgehead atoms. The molecule has 0 spiro atoms. The van der Waals surface area contributed by atoms with E-state index >= 15 is 0 Å². The minimum Gasteiger partial charge on any atom is -0.406 e. The van der Waals surface area contributed by atoms with E-state index in [9.17, 15) is 9.18 Å². The van der Waals surface area contributed by atoms with Crippen LogP contribution >= 0.6 is 11.6 Å². The summed E-state index contributed by atoms with van der Waals surface area (Å²) in [5.41, 5.74) is 3.06. The molecule has 33 heavy (non-hydrogen) atoms. The molecule has 0 saturated heterocycles. The average molecular weight is 491 g/mol. The second kappa shape index (κ2) is 9.91. The first kappa shape index (κ1) is 25.3. The van der Waals surface area contributed by atoms with Gasteiger partial charge in [0.05, 0.1) is 16.1 Å². The molecule has 1 unspecified atom stereocenters. The summed E-state index contributed by atoms with van der Waals surface area (Å²) in [5.74, 6) is -0.275. The van der Waals surface area contributed by atoms with Crippen LogP contribution in [0.4, 0.5) is 10.1 Å². The number of aromatic amines is 1. The van der Waals surface area contributed by atoms with Gasteiger partial charge in [0.2, 0.25) is 8.32 Å². The van der Waals surface area contributed by atoms with Crippen LogP contribution in [0, 0.1) is 5.82 Å². The number of H-pyrrole nitrogens is 1. The number of hydrogen-bond acceptors (Lipinski definition) is 4. The molecule has 3 aromatic rings. The summed E-state index contributed by atoms with van der Waals surface area (Å²) in [5, 5.41) is 2.69. The van der Waals surface area contributed by atoms with Crippen molar-refractivity contribution in [2.24, 2.45) is 0 Å². The Hall–Kier alpha value is -2.29. The van der Waals surface area contributed by atoms with Crippen molar-refractivity contribution in [1.29, 1.82) is 0 Å². The molecule has 1 amide bonds. The summed E-state index contributed by atoms with van der Waals surface area (Å²) in [4.78, 5) is 25.2. The molecule has 1 atom stereocenters. The van der Waals surface area contributed by atoms with E-state index in [4.69, 9.17) is 16.0 Å². The Kier molecular flexibility index (Phi) is 7.61. The number of amides is 1. The van der Waals surface area contributed by atoms with Crippen molar-refractivity contribution in [3.05, 3.63) is 52.7 Å². The van der Waals surface area contributed by atoms with E-state index in [0.717, 1.165) is 0 Å². The topological polar surface area (TPSA) is 79.9 Å². The number of halogens is 2. The molecular weight excluding hydrogens is 459 g/mol. The zero-order chi connectivity index (χ0) is 24.5. The number of nitrogens with zero attached hydrogens (tertiary/aromatic N) is 2. The van der Waals surface area contributed by atoms with Gasteiger partial charge in [0, 0.05) is 11.9 Å². The van der Waals surface area contributed by atoms with E-state index in [1.165, 1.54) is 18.2 Å². The first-order valence-electron chi connectivity index (χ1n) is 11.3. The summed E-state index contributed by atoms with van der Waals surface area (Å²) < 4.78 is 20.3. The Morgan fingerprint density at radius 2 is 1.73 bits per heavy atom. The van der Waals surface area contributed by atoms with Gasteiger partial charge < -0.3 is 14.7 Å². The van der Waals surface area contributed by atoms with E-state index < -0.39 is 14.1 Å². The highest BCUT2D eigenvalue weighted by atomic mass is 35.5. The Morgan fingerprint density at radius 1 is 1.09 bits per heavy atom. The van der Waals surface area contributed by atoms with E-state index in [-0.39, 0.29) is 17.0 Å². The SMILES string of the molecule is CC(O[Si](C(C)C)(C(C)C)C(C)C)c1nc2nccc(C(=O)Nc3ccc(F)c(Cl)c3)c2[nH]1. The molecular formula is C24H32ClFN4O2Si. The number of imidazole rings is 1. The fourth-order valence-corrected chi connectivity index (χ4v) is 10.6. The van der Waals surface area contributed by atoms with Gasteiger partial charge in [0.25, 0.3) is 5.91 Å². The Morgan fingerprint density at radius 3 is 2.30 bits per heavy atom. The highest BCUT2D eigenvalue weighted by Crippen LogP contribution is 2.44. The molecule has 0 saturated carbocycles. The maximum Gasteiger partial charge on any atom is 0.257 e. The third kappa shape index (κ3) is 4.97. The van der Waals surface area contributed by atoms with E-state index in [1.54, 1.807) is 12.3 Å². The molecule has 2 heterocycles. The number of anilines is 1. The number of aromatic nitrogens is 3. The lowest BCUT2D eigenvalue weighted by atomic mass is 10.2. The molecule has 3 rings (SSSR count). The second-order valence-electron chi connectivity index (χ2n) is 9.34. The summed E-state index contributed by atoms with van der Waals surface area (Å²) in [6.07, 6.45) is 1.27. The third-order valence-corrected chi connectivity index (χ3v) is 12.8. The number of carbonyl (C=O) groups excluding carboxylic acids is 1. The Balaban J connectivity index is 1.92. The van der Waals surface area contributed by atoms with Crippen LogP contribution in [-0.2, 0) is 4.43 Å². The monoisotopic (exact) mass is 490 g/mol. The van der Waals surface area contributed by atoms with Crippen LogP contribution in [0.1, 0.15) is 70.8 Å². The number of nitrogens with one attached hydrogen (secondary N) is 2. The van der Waals surface area contributed by atoms with Gasteiger partial charge in [-0.1, -0.05) is 53.1 Å². The normalized spacial score (nSPS) is 13.3. The van der Waals surface area contributed by atoms with Crippen molar-refractivity contribution in [3.8, 4) is 0 Å². The van der Waals surface area contributed by atoms with Gasteiger partial charge in [0.1, 0.15) is 17.7 Å². The Labute approximate surface area is 200 Å². The lowest BCUT2D eigenvalue weighted by Crippen LogP contribution is -2.48. The number of pyridine rings is 1. The van der Waals surface area contributed by atoms with E-state index in [2.05, 4.69) is 61.8 Å². The minimum atomic E-state index is -2.12. The van der Waals surface area contributed by atoms with Crippen molar-refractivity contribution in [2.45, 2.75) is 71.2 Å². The molecule has 0 aliphatic rings. The van der Waals surface area contributed by atoms with Crippen LogP contribution < -0.4 is 5.32 Å². The van der Waals surface area contributed by atoms with Crippen LogP contribution in [0.25, 0.3) is 11.2 Å². The molecule has 178 valence electrons. The average Bonchev–Trinajstić information content (AvgIpc) is 3.18. The highest BCUT2D eigenvalue weighted by molar-refractivity contribution is 6.77. The quantitative estimate of drug-likeness (QED) is 0.326. The lowest BCUT2D eigenvalue weighted by Gasteiger charge is -2.43. The molecule has 9 heteroatoms. The molecule has 0 aliphatic carbocycles. The standard InChI is InChI=1S/C24H32ClFN4O2Si/c1-13(2)33(14(3)4,15(5)6)32-16(7)22-29-21-18(10-11-27-23(21)30-22)24(31)28-17-8-9-20(26)19(25)12-17/h8-16H,1-7H3,(H,28,31)(H,27,29,30). The van der Waals surface area contributed by atoms with E-state index in [0.29, 0.717) is 44.9 Å². The van der Waals surface area contributed by atoms with Gasteiger partial charge in [-0.05, 0) is 47.8 Å². The van der Waals surface area contributed by atoms with Crippen molar-refractivity contribution in [2.75, 3.05) is 5.32 Å². The van der Waals surface area contributed by atoms with Gasteiger partial charge in [-0.15, -0.1) is 0 Å². The summed E-state index contributed by atoms with van der Waals surface area (Å²) in [7, 11) is -2.12. The highest BCUT2D eigenvalue weighted by Gasteiger charge is 2.46. The number of carbonyl (C=O) groups is 1. The minimum absolute atomic E-state index is 0.0596. The van der Waals surface area contributed by atoms with E-state index in [1.807, 2.05) is 6.92 Å². The van der Waals surface area contributed by atoms with Gasteiger partial charge >= 0.3 is 0 Å². The number of benzene rings is 1. The van der Waals surface area contributed by atoms with Crippen LogP contribution in [0.2, 0.25) is 21.6 Å². The van der Waals surface area contributed by atoms with Crippen molar-refractivity contribution >= 4 is 42.7 Å². The third-order valence-electron chi connectivity index (χ3n) is 6.31. The first-order valence-corrected chi connectivity index (χ1v) is 13.8. The zero-order valence-corrected chi connectivity index (χ0v) is 21.9. The van der Waals surface area contributed by atoms with Gasteiger partial charge in [-0.2, -0.15) is 0 Å². The molecule has 0 fully saturated rings. The van der Waals surface area contributed by atoms with Crippen molar-refractivity contribution < 1.29 is 13.6 Å². The molecule has 0 radical (unpaired) electrons. The van der Waals surface area contributed by atoms with Gasteiger partial charge in [0.15, 0.2) is 5.65 Å². The number of rotatable bonds is 8. The second-order valence-corrected chi connectivity index (χ2v) is 15.2. The Bertz CT molecular complexity index is 1130. The summed E-state index contributed by atoms with van der Waals surface area (Å²) in [6.45, 7) is 15.4. The molecule has 6 nitrogen and oxygen atoms in total. The number of fused-ring (bicyclic) bond motifs is 1. The molecule has 2 aromatic heterocycles. The maximum absolute atomic E-state index is 13.4. The summed E-state index contributed by atoms with van der Waals surface area (Å²) in [6, 6.07) is 5.66. The first-order chi connectivity index (χ1) is 15.5. The molecule has 0 aliphatic heterocycles. The predicted octanol–water partition coefficient (Wildman–Crippen LogP) is 7.26. The molecule has 1 aromatic carbocycles.